The van der Waals surface area contributed by atoms with E-state index in [9.17, 15) is 13.5 Å². The molecule has 0 unspecified atom stereocenters. The predicted octanol–water partition coefficient (Wildman–Crippen LogP) is 5.33. The van der Waals surface area contributed by atoms with Crippen LogP contribution in [0.25, 0.3) is 10.9 Å². The minimum absolute atomic E-state index is 0.178. The van der Waals surface area contributed by atoms with E-state index in [1.807, 2.05) is 30.3 Å². The van der Waals surface area contributed by atoms with Gasteiger partial charge in [-0.25, -0.2) is 0 Å². The highest BCUT2D eigenvalue weighted by atomic mass is 32.2. The smallest absolute Gasteiger partial charge is 0.294 e. The molecule has 0 atom stereocenters. The number of aromatic nitrogens is 1. The van der Waals surface area contributed by atoms with Gasteiger partial charge in [0.05, 0.1) is 21.5 Å². The Morgan fingerprint density at radius 2 is 1.59 bits per heavy atom. The molecule has 1 heterocycles. The number of azo groups is 1. The summed E-state index contributed by atoms with van der Waals surface area (Å²) in [4.78, 5) is 2.58. The third-order valence-electron chi connectivity index (χ3n) is 4.11. The summed E-state index contributed by atoms with van der Waals surface area (Å²) in [5.74, 6) is 0.938. The zero-order chi connectivity index (χ0) is 20.4. The Morgan fingerprint density at radius 1 is 0.862 bits per heavy atom. The molecule has 0 spiro atoms. The molecular formula is C20H15N3O5S. The number of aromatic hydroxyl groups is 1. The van der Waals surface area contributed by atoms with Crippen LogP contribution in [0.1, 0.15) is 0 Å². The van der Waals surface area contributed by atoms with Gasteiger partial charge >= 0.3 is 0 Å². The fourth-order valence-electron chi connectivity index (χ4n) is 2.78. The highest BCUT2D eigenvalue weighted by Crippen LogP contribution is 2.42. The van der Waals surface area contributed by atoms with Crippen molar-refractivity contribution in [3.63, 3.8) is 0 Å². The standard InChI is InChI=1S/C20H15N3O5S/c24-20-19(23-22-13-9-11-15(12-10-13)29(25,26)27)18-16(21-20)7-4-8-17(18)28-14-5-2-1-3-6-14/h1-12,21,24H,(H,25,26,27). The highest BCUT2D eigenvalue weighted by molar-refractivity contribution is 7.85. The van der Waals surface area contributed by atoms with Crippen molar-refractivity contribution < 1.29 is 22.8 Å². The van der Waals surface area contributed by atoms with Crippen LogP contribution in [0.4, 0.5) is 11.4 Å². The summed E-state index contributed by atoms with van der Waals surface area (Å²) in [7, 11) is -4.28. The predicted molar refractivity (Wildman–Crippen MR) is 107 cm³/mol. The van der Waals surface area contributed by atoms with Gasteiger partial charge < -0.3 is 14.8 Å². The number of rotatable bonds is 5. The molecule has 146 valence electrons. The normalized spacial score (nSPS) is 11.9. The Bertz CT molecular complexity index is 1300. The molecule has 0 saturated carbocycles. The first-order valence-electron chi connectivity index (χ1n) is 8.48. The second-order valence-electron chi connectivity index (χ2n) is 6.09. The summed E-state index contributed by atoms with van der Waals surface area (Å²) in [5, 5.41) is 19.0. The largest absolute Gasteiger partial charge is 0.493 e. The summed E-state index contributed by atoms with van der Waals surface area (Å²) >= 11 is 0. The second-order valence-corrected chi connectivity index (χ2v) is 7.51. The SMILES string of the molecule is O=S(=O)(O)c1ccc(N=Nc2c(O)[nH]c3cccc(Oc4ccccc4)c23)cc1. The Balaban J connectivity index is 1.72. The van der Waals surface area contributed by atoms with Crippen LogP contribution in [-0.2, 0) is 10.1 Å². The Hall–Kier alpha value is -3.69. The quantitative estimate of drug-likeness (QED) is 0.304. The zero-order valence-corrected chi connectivity index (χ0v) is 15.7. The molecule has 0 aliphatic carbocycles. The van der Waals surface area contributed by atoms with E-state index in [1.54, 1.807) is 18.2 Å². The number of hydrogen-bond donors (Lipinski definition) is 3. The summed E-state index contributed by atoms with van der Waals surface area (Å²) in [6, 6.07) is 19.7. The average molecular weight is 409 g/mol. The lowest BCUT2D eigenvalue weighted by Crippen LogP contribution is -1.96. The molecule has 29 heavy (non-hydrogen) atoms. The van der Waals surface area contributed by atoms with E-state index in [4.69, 9.17) is 9.29 Å². The van der Waals surface area contributed by atoms with Crippen LogP contribution in [0, 0.1) is 0 Å². The summed E-state index contributed by atoms with van der Waals surface area (Å²) < 4.78 is 37.2. The molecule has 0 radical (unpaired) electrons. The van der Waals surface area contributed by atoms with Crippen LogP contribution in [0.5, 0.6) is 17.4 Å². The summed E-state index contributed by atoms with van der Waals surface area (Å²) in [5.41, 5.74) is 1.14. The van der Waals surface area contributed by atoms with Crippen LogP contribution in [0.3, 0.4) is 0 Å². The van der Waals surface area contributed by atoms with Crippen LogP contribution in [0.15, 0.2) is 87.9 Å². The number of H-pyrrole nitrogens is 1. The van der Waals surface area contributed by atoms with Crippen molar-refractivity contribution in [2.24, 2.45) is 10.2 Å². The van der Waals surface area contributed by atoms with E-state index in [2.05, 4.69) is 15.2 Å². The molecule has 0 aliphatic heterocycles. The van der Waals surface area contributed by atoms with Gasteiger partial charge in [-0.15, -0.1) is 5.11 Å². The van der Waals surface area contributed by atoms with Crippen molar-refractivity contribution in [3.8, 4) is 17.4 Å². The molecular weight excluding hydrogens is 394 g/mol. The number of nitrogens with zero attached hydrogens (tertiary/aromatic N) is 2. The number of aromatic amines is 1. The molecule has 1 aromatic heterocycles. The molecule has 3 N–H and O–H groups in total. The Labute approximate surface area is 165 Å². The Kier molecular flexibility index (Phi) is 4.75. The first-order valence-corrected chi connectivity index (χ1v) is 9.92. The van der Waals surface area contributed by atoms with Crippen LogP contribution in [-0.4, -0.2) is 23.1 Å². The van der Waals surface area contributed by atoms with Gasteiger partial charge in [-0.1, -0.05) is 24.3 Å². The van der Waals surface area contributed by atoms with Gasteiger partial charge in [0.25, 0.3) is 10.1 Å². The number of hydrogen-bond acceptors (Lipinski definition) is 6. The minimum atomic E-state index is -4.28. The molecule has 0 aliphatic rings. The zero-order valence-electron chi connectivity index (χ0n) is 14.9. The van der Waals surface area contributed by atoms with Crippen molar-refractivity contribution >= 4 is 32.4 Å². The van der Waals surface area contributed by atoms with Crippen molar-refractivity contribution in [1.29, 1.82) is 0 Å². The molecule has 3 aromatic carbocycles. The van der Waals surface area contributed by atoms with Gasteiger partial charge in [-0.05, 0) is 48.5 Å². The molecule has 0 bridgehead atoms. The maximum atomic E-state index is 11.1. The second kappa shape index (κ2) is 7.38. The number of ether oxygens (including phenoxy) is 1. The van der Waals surface area contributed by atoms with Crippen LogP contribution in [0.2, 0.25) is 0 Å². The van der Waals surface area contributed by atoms with Crippen molar-refractivity contribution in [3.05, 3.63) is 72.8 Å². The molecule has 0 fully saturated rings. The van der Waals surface area contributed by atoms with Crippen LogP contribution >= 0.6 is 0 Å². The van der Waals surface area contributed by atoms with Gasteiger partial charge in [0.2, 0.25) is 5.88 Å². The first-order chi connectivity index (χ1) is 13.9. The van der Waals surface area contributed by atoms with Gasteiger partial charge in [0.15, 0.2) is 5.69 Å². The number of nitrogens with one attached hydrogen (secondary N) is 1. The van der Waals surface area contributed by atoms with E-state index < -0.39 is 10.1 Å². The number of para-hydroxylation sites is 1. The first kappa shape index (κ1) is 18.7. The minimum Gasteiger partial charge on any atom is -0.493 e. The summed E-state index contributed by atoms with van der Waals surface area (Å²) in [6.07, 6.45) is 0. The lowest BCUT2D eigenvalue weighted by molar-refractivity contribution is 0.459. The number of benzene rings is 3. The average Bonchev–Trinajstić information content (AvgIpc) is 3.03. The van der Waals surface area contributed by atoms with Gasteiger partial charge in [0.1, 0.15) is 11.5 Å². The fraction of sp³-hybridized carbons (Fsp3) is 0. The maximum absolute atomic E-state index is 11.1. The third kappa shape index (κ3) is 3.96. The van der Waals surface area contributed by atoms with E-state index in [1.165, 1.54) is 24.3 Å². The van der Waals surface area contributed by atoms with Gasteiger partial charge in [0, 0.05) is 0 Å². The maximum Gasteiger partial charge on any atom is 0.294 e. The third-order valence-corrected chi connectivity index (χ3v) is 4.98. The van der Waals surface area contributed by atoms with Crippen LogP contribution < -0.4 is 4.74 Å². The Morgan fingerprint density at radius 3 is 2.28 bits per heavy atom. The lowest BCUT2D eigenvalue weighted by atomic mass is 10.2. The number of fused-ring (bicyclic) bond motifs is 1. The monoisotopic (exact) mass is 409 g/mol. The molecule has 8 nitrogen and oxygen atoms in total. The molecule has 9 heteroatoms. The van der Waals surface area contributed by atoms with Gasteiger partial charge in [-0.2, -0.15) is 13.5 Å². The van der Waals surface area contributed by atoms with E-state index >= 15 is 0 Å². The topological polar surface area (TPSA) is 124 Å². The molecule has 4 aromatic rings. The molecule has 0 saturated heterocycles. The van der Waals surface area contributed by atoms with E-state index in [0.717, 1.165) is 0 Å². The molecule has 0 amide bonds. The van der Waals surface area contributed by atoms with Crippen molar-refractivity contribution in [2.45, 2.75) is 4.90 Å². The van der Waals surface area contributed by atoms with E-state index in [-0.39, 0.29) is 16.5 Å². The fourth-order valence-corrected chi connectivity index (χ4v) is 3.26. The summed E-state index contributed by atoms with van der Waals surface area (Å²) in [6.45, 7) is 0. The lowest BCUT2D eigenvalue weighted by Gasteiger charge is -2.07. The molecule has 4 rings (SSSR count). The van der Waals surface area contributed by atoms with E-state index in [0.29, 0.717) is 28.1 Å². The van der Waals surface area contributed by atoms with Gasteiger partial charge in [-0.3, -0.25) is 4.55 Å². The van der Waals surface area contributed by atoms with Crippen molar-refractivity contribution in [2.75, 3.05) is 0 Å². The van der Waals surface area contributed by atoms with Crippen molar-refractivity contribution in [1.82, 2.24) is 4.98 Å². The highest BCUT2D eigenvalue weighted by Gasteiger charge is 2.16.